The molecule has 0 bridgehead atoms. The predicted molar refractivity (Wildman–Crippen MR) is 122 cm³/mol. The first-order valence-electron chi connectivity index (χ1n) is 9.42. The summed E-state index contributed by atoms with van der Waals surface area (Å²) in [4.78, 5) is 12.9. The van der Waals surface area contributed by atoms with Crippen LogP contribution >= 0.6 is 23.4 Å². The monoisotopic (exact) mass is 462 g/mol. The molecular formula is C21H23ClN4O4S. The predicted octanol–water partition coefficient (Wildman–Crippen LogP) is 4.37. The molecule has 1 heterocycles. The maximum atomic E-state index is 12.9. The van der Waals surface area contributed by atoms with E-state index in [1.54, 1.807) is 37.0 Å². The third-order valence-corrected chi connectivity index (χ3v) is 5.79. The van der Waals surface area contributed by atoms with Crippen molar-refractivity contribution in [1.29, 1.82) is 0 Å². The van der Waals surface area contributed by atoms with Crippen molar-refractivity contribution in [3.8, 4) is 17.2 Å². The van der Waals surface area contributed by atoms with E-state index >= 15 is 0 Å². The minimum Gasteiger partial charge on any atom is -0.495 e. The fraction of sp³-hybridized carbons (Fsp3) is 0.286. The second-order valence-corrected chi connectivity index (χ2v) is 7.68. The molecule has 31 heavy (non-hydrogen) atoms. The molecule has 3 aromatic rings. The van der Waals surface area contributed by atoms with E-state index in [1.807, 2.05) is 25.1 Å². The molecule has 0 aliphatic rings. The summed E-state index contributed by atoms with van der Waals surface area (Å²) < 4.78 is 17.3. The molecule has 164 valence electrons. The number of halogens is 1. The summed E-state index contributed by atoms with van der Waals surface area (Å²) >= 11 is 7.58. The molecule has 0 radical (unpaired) electrons. The smallest absolute Gasteiger partial charge is 0.297 e. The number of nitrogens with one attached hydrogen (secondary N) is 1. The van der Waals surface area contributed by atoms with Gasteiger partial charge in [0.1, 0.15) is 5.75 Å². The molecule has 0 amide bonds. The molecule has 1 N–H and O–H groups in total. The highest BCUT2D eigenvalue weighted by atomic mass is 35.5. The first kappa shape index (κ1) is 22.8. The summed E-state index contributed by atoms with van der Waals surface area (Å²) in [6.45, 7) is 2.35. The standard InChI is InChI=1S/C21H23ClN4O4S/c1-5-26-20(27)19(23-14-7-9-16(28-2)15(22)11-14)24-25-21(26)31-12-13-6-8-17(29-3)18(10-13)30-4/h6-11H,5,12H2,1-4H3,(H,23,24). The fourth-order valence-electron chi connectivity index (χ4n) is 2.87. The zero-order valence-electron chi connectivity index (χ0n) is 17.6. The molecule has 2 aromatic carbocycles. The summed E-state index contributed by atoms with van der Waals surface area (Å²) in [7, 11) is 4.73. The summed E-state index contributed by atoms with van der Waals surface area (Å²) in [6.07, 6.45) is 0. The molecule has 10 heteroatoms. The van der Waals surface area contributed by atoms with Gasteiger partial charge < -0.3 is 19.5 Å². The molecule has 0 saturated heterocycles. The van der Waals surface area contributed by atoms with Gasteiger partial charge in [-0.3, -0.25) is 9.36 Å². The van der Waals surface area contributed by atoms with Gasteiger partial charge in [-0.15, -0.1) is 10.2 Å². The zero-order valence-corrected chi connectivity index (χ0v) is 19.2. The number of hydrogen-bond acceptors (Lipinski definition) is 8. The van der Waals surface area contributed by atoms with Crippen LogP contribution in [0.1, 0.15) is 12.5 Å². The molecule has 0 aliphatic heterocycles. The molecule has 8 nitrogen and oxygen atoms in total. The maximum absolute atomic E-state index is 12.9. The zero-order chi connectivity index (χ0) is 22.4. The third kappa shape index (κ3) is 5.23. The van der Waals surface area contributed by atoms with Crippen molar-refractivity contribution < 1.29 is 14.2 Å². The molecule has 0 saturated carbocycles. The highest BCUT2D eigenvalue weighted by Crippen LogP contribution is 2.31. The fourth-order valence-corrected chi connectivity index (χ4v) is 4.07. The van der Waals surface area contributed by atoms with E-state index < -0.39 is 0 Å². The van der Waals surface area contributed by atoms with Crippen LogP contribution in [0.3, 0.4) is 0 Å². The molecule has 0 atom stereocenters. The summed E-state index contributed by atoms with van der Waals surface area (Å²) in [5.74, 6) is 2.58. The van der Waals surface area contributed by atoms with Gasteiger partial charge in [0.15, 0.2) is 16.7 Å². The van der Waals surface area contributed by atoms with E-state index in [0.29, 0.717) is 45.4 Å². The van der Waals surface area contributed by atoms with Crippen LogP contribution in [0.25, 0.3) is 0 Å². The Balaban J connectivity index is 1.79. The molecule has 3 rings (SSSR count). The highest BCUT2D eigenvalue weighted by molar-refractivity contribution is 7.98. The first-order chi connectivity index (χ1) is 15.0. The van der Waals surface area contributed by atoms with Gasteiger partial charge in [0.25, 0.3) is 5.56 Å². The van der Waals surface area contributed by atoms with Gasteiger partial charge in [0.05, 0.1) is 26.4 Å². The number of nitrogens with zero attached hydrogens (tertiary/aromatic N) is 3. The molecule has 0 fully saturated rings. The molecule has 0 aliphatic carbocycles. The highest BCUT2D eigenvalue weighted by Gasteiger charge is 2.13. The summed E-state index contributed by atoms with van der Waals surface area (Å²) in [5, 5.41) is 12.3. The molecular weight excluding hydrogens is 440 g/mol. The van der Waals surface area contributed by atoms with Crippen molar-refractivity contribution in [2.24, 2.45) is 0 Å². The van der Waals surface area contributed by atoms with Crippen molar-refractivity contribution in [3.63, 3.8) is 0 Å². The lowest BCUT2D eigenvalue weighted by molar-refractivity contribution is 0.354. The number of thioether (sulfide) groups is 1. The number of benzene rings is 2. The average Bonchev–Trinajstić information content (AvgIpc) is 2.79. The van der Waals surface area contributed by atoms with E-state index in [4.69, 9.17) is 25.8 Å². The van der Waals surface area contributed by atoms with E-state index in [2.05, 4.69) is 15.5 Å². The Morgan fingerprint density at radius 1 is 1.00 bits per heavy atom. The minimum absolute atomic E-state index is 0.124. The van der Waals surface area contributed by atoms with E-state index in [9.17, 15) is 4.79 Å². The van der Waals surface area contributed by atoms with Crippen LogP contribution in [0.15, 0.2) is 46.3 Å². The Kier molecular flexibility index (Phi) is 7.64. The number of anilines is 2. The Hall–Kier alpha value is -2.91. The van der Waals surface area contributed by atoms with Crippen LogP contribution < -0.4 is 25.1 Å². The van der Waals surface area contributed by atoms with Crippen LogP contribution in [0.4, 0.5) is 11.5 Å². The van der Waals surface area contributed by atoms with Crippen LogP contribution in [0.5, 0.6) is 17.2 Å². The minimum atomic E-state index is -0.265. The van der Waals surface area contributed by atoms with Gasteiger partial charge in [0.2, 0.25) is 5.82 Å². The van der Waals surface area contributed by atoms with Crippen molar-refractivity contribution in [1.82, 2.24) is 14.8 Å². The van der Waals surface area contributed by atoms with Crippen molar-refractivity contribution >= 4 is 34.9 Å². The number of hydrogen-bond donors (Lipinski definition) is 1. The summed E-state index contributed by atoms with van der Waals surface area (Å²) in [6, 6.07) is 10.8. The Labute approximate surface area is 189 Å². The number of aromatic nitrogens is 3. The quantitative estimate of drug-likeness (QED) is 0.469. The lowest BCUT2D eigenvalue weighted by Gasteiger charge is -2.13. The maximum Gasteiger partial charge on any atom is 0.297 e. The van der Waals surface area contributed by atoms with Gasteiger partial charge in [-0.1, -0.05) is 29.4 Å². The Morgan fingerprint density at radius 3 is 2.35 bits per heavy atom. The first-order valence-corrected chi connectivity index (χ1v) is 10.8. The van der Waals surface area contributed by atoms with E-state index in [-0.39, 0.29) is 11.4 Å². The second-order valence-electron chi connectivity index (χ2n) is 6.33. The lowest BCUT2D eigenvalue weighted by atomic mass is 10.2. The van der Waals surface area contributed by atoms with Gasteiger partial charge >= 0.3 is 0 Å². The molecule has 0 unspecified atom stereocenters. The average molecular weight is 463 g/mol. The van der Waals surface area contributed by atoms with Crippen molar-refractivity contribution in [3.05, 3.63) is 57.3 Å². The van der Waals surface area contributed by atoms with Crippen molar-refractivity contribution in [2.75, 3.05) is 26.6 Å². The number of methoxy groups -OCH3 is 3. The second kappa shape index (κ2) is 10.4. The van der Waals surface area contributed by atoms with Crippen LogP contribution in [-0.4, -0.2) is 36.1 Å². The Morgan fingerprint density at radius 2 is 1.71 bits per heavy atom. The number of rotatable bonds is 9. The van der Waals surface area contributed by atoms with Crippen molar-refractivity contribution in [2.45, 2.75) is 24.4 Å². The lowest BCUT2D eigenvalue weighted by Crippen LogP contribution is -2.26. The van der Waals surface area contributed by atoms with Gasteiger partial charge in [-0.05, 0) is 42.8 Å². The topological polar surface area (TPSA) is 87.5 Å². The van der Waals surface area contributed by atoms with Gasteiger partial charge in [-0.25, -0.2) is 0 Å². The van der Waals surface area contributed by atoms with Gasteiger partial charge in [-0.2, -0.15) is 0 Å². The van der Waals surface area contributed by atoms with Crippen LogP contribution in [0, 0.1) is 0 Å². The molecule has 0 spiro atoms. The van der Waals surface area contributed by atoms with Gasteiger partial charge in [0, 0.05) is 18.0 Å². The SMILES string of the molecule is CCn1c(SCc2ccc(OC)c(OC)c2)nnc(Nc2ccc(OC)c(Cl)c2)c1=O. The number of ether oxygens (including phenoxy) is 3. The third-order valence-electron chi connectivity index (χ3n) is 4.46. The van der Waals surface area contributed by atoms with Crippen LogP contribution in [0.2, 0.25) is 5.02 Å². The largest absolute Gasteiger partial charge is 0.495 e. The van der Waals surface area contributed by atoms with E-state index in [0.717, 1.165) is 5.56 Å². The van der Waals surface area contributed by atoms with Crippen LogP contribution in [-0.2, 0) is 12.3 Å². The summed E-state index contributed by atoms with van der Waals surface area (Å²) in [5.41, 5.74) is 1.36. The van der Waals surface area contributed by atoms with E-state index in [1.165, 1.54) is 18.9 Å². The normalized spacial score (nSPS) is 10.6. The molecule has 1 aromatic heterocycles. The Bertz CT molecular complexity index is 1120.